The first kappa shape index (κ1) is 18.6. The standard InChI is InChI=1S/C18H15F3N2O4/c1-24-13-6-3-11(4-7-13)16-15(12-5-8-14(25-2)22-9-12)23-17(27-16)26-10-18(19,20)21/h3-9H,10H2,1-2H3. The molecule has 0 saturated heterocycles. The van der Waals surface area contributed by atoms with Crippen LogP contribution in [-0.2, 0) is 0 Å². The van der Waals surface area contributed by atoms with Crippen LogP contribution in [0.5, 0.6) is 17.7 Å². The van der Waals surface area contributed by atoms with Crippen molar-refractivity contribution >= 4 is 0 Å². The predicted octanol–water partition coefficient (Wildman–Crippen LogP) is 4.36. The van der Waals surface area contributed by atoms with Crippen LogP contribution in [-0.4, -0.2) is 37.0 Å². The summed E-state index contributed by atoms with van der Waals surface area (Å²) < 4.78 is 57.5. The van der Waals surface area contributed by atoms with E-state index in [0.717, 1.165) is 0 Å². The molecule has 0 aliphatic carbocycles. The molecule has 0 bridgehead atoms. The lowest BCUT2D eigenvalue weighted by Crippen LogP contribution is -2.19. The van der Waals surface area contributed by atoms with Gasteiger partial charge in [-0.1, -0.05) is 0 Å². The van der Waals surface area contributed by atoms with E-state index in [4.69, 9.17) is 13.9 Å². The van der Waals surface area contributed by atoms with Crippen molar-refractivity contribution in [3.05, 3.63) is 42.6 Å². The SMILES string of the molecule is COc1ccc(-c2oc(OCC(F)(F)F)nc2-c2ccc(OC)nc2)cc1. The van der Waals surface area contributed by atoms with Gasteiger partial charge in [-0.3, -0.25) is 0 Å². The highest BCUT2D eigenvalue weighted by Crippen LogP contribution is 2.36. The van der Waals surface area contributed by atoms with Crippen molar-refractivity contribution in [2.24, 2.45) is 0 Å². The van der Waals surface area contributed by atoms with Crippen LogP contribution in [0.4, 0.5) is 13.2 Å². The normalized spacial score (nSPS) is 11.3. The van der Waals surface area contributed by atoms with Gasteiger partial charge in [0.2, 0.25) is 5.88 Å². The van der Waals surface area contributed by atoms with Crippen molar-refractivity contribution in [1.29, 1.82) is 0 Å². The van der Waals surface area contributed by atoms with Gasteiger partial charge in [0.15, 0.2) is 12.4 Å². The van der Waals surface area contributed by atoms with Gasteiger partial charge in [0.05, 0.1) is 14.2 Å². The number of nitrogens with zero attached hydrogens (tertiary/aromatic N) is 2. The fourth-order valence-electron chi connectivity index (χ4n) is 2.28. The molecule has 0 radical (unpaired) electrons. The van der Waals surface area contributed by atoms with Crippen LogP contribution in [0.15, 0.2) is 47.0 Å². The van der Waals surface area contributed by atoms with Crippen molar-refractivity contribution in [1.82, 2.24) is 9.97 Å². The zero-order valence-corrected chi connectivity index (χ0v) is 14.4. The maximum Gasteiger partial charge on any atom is 0.422 e. The maximum absolute atomic E-state index is 12.4. The zero-order chi connectivity index (χ0) is 19.4. The number of pyridine rings is 1. The van der Waals surface area contributed by atoms with Gasteiger partial charge in [0, 0.05) is 23.4 Å². The van der Waals surface area contributed by atoms with Crippen LogP contribution in [0.3, 0.4) is 0 Å². The Morgan fingerprint density at radius 1 is 0.963 bits per heavy atom. The van der Waals surface area contributed by atoms with Gasteiger partial charge < -0.3 is 18.6 Å². The number of hydrogen-bond donors (Lipinski definition) is 0. The lowest BCUT2D eigenvalue weighted by molar-refractivity contribution is -0.156. The topological polar surface area (TPSA) is 66.6 Å². The number of oxazole rings is 1. The number of rotatable bonds is 6. The van der Waals surface area contributed by atoms with Crippen LogP contribution >= 0.6 is 0 Å². The van der Waals surface area contributed by atoms with Crippen LogP contribution in [0.1, 0.15) is 0 Å². The van der Waals surface area contributed by atoms with E-state index in [9.17, 15) is 13.2 Å². The second kappa shape index (κ2) is 7.56. The minimum atomic E-state index is -4.50. The van der Waals surface area contributed by atoms with E-state index in [-0.39, 0.29) is 5.76 Å². The molecule has 0 fully saturated rings. The first-order valence-corrected chi connectivity index (χ1v) is 7.75. The van der Waals surface area contributed by atoms with Crippen molar-refractivity contribution in [3.63, 3.8) is 0 Å². The first-order valence-electron chi connectivity index (χ1n) is 7.75. The fraction of sp³-hybridized carbons (Fsp3) is 0.222. The molecule has 6 nitrogen and oxygen atoms in total. The summed E-state index contributed by atoms with van der Waals surface area (Å²) in [4.78, 5) is 8.14. The van der Waals surface area contributed by atoms with Gasteiger partial charge in [-0.2, -0.15) is 18.2 Å². The van der Waals surface area contributed by atoms with E-state index in [0.29, 0.717) is 28.5 Å². The largest absolute Gasteiger partial charge is 0.497 e. The number of methoxy groups -OCH3 is 2. The number of aromatic nitrogens is 2. The van der Waals surface area contributed by atoms with Crippen molar-refractivity contribution < 1.29 is 31.8 Å². The van der Waals surface area contributed by atoms with Crippen LogP contribution < -0.4 is 14.2 Å². The van der Waals surface area contributed by atoms with E-state index in [1.54, 1.807) is 36.4 Å². The van der Waals surface area contributed by atoms with Crippen molar-refractivity contribution in [2.75, 3.05) is 20.8 Å². The molecule has 0 unspecified atom stereocenters. The summed E-state index contributed by atoms with van der Waals surface area (Å²) >= 11 is 0. The van der Waals surface area contributed by atoms with Gasteiger partial charge in [-0.15, -0.1) is 0 Å². The third kappa shape index (κ3) is 4.49. The number of alkyl halides is 3. The zero-order valence-electron chi connectivity index (χ0n) is 14.4. The minimum Gasteiger partial charge on any atom is -0.497 e. The lowest BCUT2D eigenvalue weighted by Gasteiger charge is -2.04. The van der Waals surface area contributed by atoms with E-state index < -0.39 is 18.9 Å². The molecular weight excluding hydrogens is 365 g/mol. The molecule has 0 aliphatic rings. The van der Waals surface area contributed by atoms with Crippen molar-refractivity contribution in [3.8, 4) is 40.3 Å². The number of hydrogen-bond acceptors (Lipinski definition) is 6. The summed E-state index contributed by atoms with van der Waals surface area (Å²) in [5.74, 6) is 1.27. The summed E-state index contributed by atoms with van der Waals surface area (Å²) in [6, 6.07) is 10.1. The molecule has 0 amide bonds. The number of benzene rings is 1. The Morgan fingerprint density at radius 3 is 2.22 bits per heavy atom. The fourth-order valence-corrected chi connectivity index (χ4v) is 2.28. The molecule has 1 aromatic carbocycles. The van der Waals surface area contributed by atoms with Gasteiger partial charge in [-0.25, -0.2) is 4.98 Å². The molecule has 27 heavy (non-hydrogen) atoms. The maximum atomic E-state index is 12.4. The monoisotopic (exact) mass is 380 g/mol. The second-order valence-corrected chi connectivity index (χ2v) is 5.38. The second-order valence-electron chi connectivity index (χ2n) is 5.38. The molecule has 3 rings (SSSR count). The summed E-state index contributed by atoms with van der Waals surface area (Å²) in [7, 11) is 3.00. The Hall–Kier alpha value is -3.23. The minimum absolute atomic E-state index is 0.252. The molecule has 2 aromatic heterocycles. The smallest absolute Gasteiger partial charge is 0.422 e. The average Bonchev–Trinajstić information content (AvgIpc) is 3.10. The summed E-state index contributed by atoms with van der Waals surface area (Å²) in [5.41, 5.74) is 1.43. The summed E-state index contributed by atoms with van der Waals surface area (Å²) in [6.07, 6.45) is -3.50. The Bertz CT molecular complexity index is 825. The predicted molar refractivity (Wildman–Crippen MR) is 89.8 cm³/mol. The third-order valence-corrected chi connectivity index (χ3v) is 3.54. The highest BCUT2D eigenvalue weighted by Gasteiger charge is 2.30. The quantitative estimate of drug-likeness (QED) is 0.633. The molecule has 0 saturated carbocycles. The van der Waals surface area contributed by atoms with Crippen molar-refractivity contribution in [2.45, 2.75) is 6.18 Å². The van der Waals surface area contributed by atoms with E-state index in [1.807, 2.05) is 0 Å². The van der Waals surface area contributed by atoms with Gasteiger partial charge in [0.1, 0.15) is 11.4 Å². The average molecular weight is 380 g/mol. The molecular formula is C18H15F3N2O4. The molecule has 142 valence electrons. The van der Waals surface area contributed by atoms with Gasteiger partial charge in [-0.05, 0) is 30.3 Å². The summed E-state index contributed by atoms with van der Waals surface area (Å²) in [5, 5.41) is 0. The Balaban J connectivity index is 2.00. The Kier molecular flexibility index (Phi) is 5.20. The Morgan fingerprint density at radius 2 is 1.67 bits per heavy atom. The molecule has 0 atom stereocenters. The lowest BCUT2D eigenvalue weighted by atomic mass is 10.1. The molecule has 0 N–H and O–H groups in total. The van der Waals surface area contributed by atoms with E-state index in [1.165, 1.54) is 20.4 Å². The summed E-state index contributed by atoms with van der Waals surface area (Å²) in [6.45, 7) is -1.50. The van der Waals surface area contributed by atoms with Gasteiger partial charge in [0.25, 0.3) is 0 Å². The highest BCUT2D eigenvalue weighted by molar-refractivity contribution is 5.77. The first-order chi connectivity index (χ1) is 12.9. The van der Waals surface area contributed by atoms with Gasteiger partial charge >= 0.3 is 12.3 Å². The molecule has 2 heterocycles. The van der Waals surface area contributed by atoms with E-state index in [2.05, 4.69) is 14.7 Å². The highest BCUT2D eigenvalue weighted by atomic mass is 19.4. The number of ether oxygens (including phenoxy) is 3. The molecule has 3 aromatic rings. The molecule has 0 aliphatic heterocycles. The Labute approximate surface area is 152 Å². The molecule has 9 heteroatoms. The van der Waals surface area contributed by atoms with Crippen LogP contribution in [0.2, 0.25) is 0 Å². The van der Waals surface area contributed by atoms with E-state index >= 15 is 0 Å². The number of halogens is 3. The third-order valence-electron chi connectivity index (χ3n) is 3.54. The van der Waals surface area contributed by atoms with Crippen LogP contribution in [0, 0.1) is 0 Å². The van der Waals surface area contributed by atoms with Crippen LogP contribution in [0.25, 0.3) is 22.6 Å². The molecule has 0 spiro atoms.